The number of piperidine rings is 1. The van der Waals surface area contributed by atoms with E-state index < -0.39 is 0 Å². The van der Waals surface area contributed by atoms with Gasteiger partial charge < -0.3 is 19.8 Å². The van der Waals surface area contributed by atoms with Crippen molar-refractivity contribution in [2.75, 3.05) is 19.6 Å². The molecule has 7 nitrogen and oxygen atoms in total. The Bertz CT molecular complexity index is 1460. The molecule has 0 unspecified atom stereocenters. The standard InChI is InChI=1S/C27H25N3O4/c31-17-10-14-28(15-11-17)12-5-13-29-21-8-3-1-6-18(21)24-25(29)27(33)23-19-7-2-4-9-22(19)30(34)16-20(23)26(24)32/h1-4,6-9,16-17,31H,5,10-15H2. The first kappa shape index (κ1) is 21.0. The number of hydrogen-bond donors (Lipinski definition) is 1. The van der Waals surface area contributed by atoms with Crippen molar-refractivity contribution >= 4 is 33.4 Å². The Morgan fingerprint density at radius 3 is 2.41 bits per heavy atom. The van der Waals surface area contributed by atoms with Gasteiger partial charge >= 0.3 is 0 Å². The summed E-state index contributed by atoms with van der Waals surface area (Å²) in [6, 6.07) is 14.5. The maximum Gasteiger partial charge on any atom is 0.224 e. The number of pyridine rings is 1. The Morgan fingerprint density at radius 2 is 1.62 bits per heavy atom. The lowest BCUT2D eigenvalue weighted by Gasteiger charge is -2.29. The lowest BCUT2D eigenvalue weighted by atomic mass is 9.85. The fourth-order valence-electron chi connectivity index (χ4n) is 5.54. The molecule has 0 spiro atoms. The van der Waals surface area contributed by atoms with Crippen LogP contribution in [-0.2, 0) is 6.54 Å². The number of carbonyl (C=O) groups is 2. The van der Waals surface area contributed by atoms with Gasteiger partial charge in [-0.2, -0.15) is 4.73 Å². The van der Waals surface area contributed by atoms with Crippen LogP contribution in [0.2, 0.25) is 0 Å². The molecule has 0 radical (unpaired) electrons. The molecule has 1 N–H and O–H groups in total. The monoisotopic (exact) mass is 455 g/mol. The van der Waals surface area contributed by atoms with Gasteiger partial charge in [0, 0.05) is 36.6 Å². The highest BCUT2D eigenvalue weighted by molar-refractivity contribution is 6.34. The Morgan fingerprint density at radius 1 is 0.912 bits per heavy atom. The highest BCUT2D eigenvalue weighted by Gasteiger charge is 2.38. The number of carbonyl (C=O) groups excluding carboxylic acids is 2. The number of ketones is 2. The van der Waals surface area contributed by atoms with Gasteiger partial charge in [0.2, 0.25) is 17.1 Å². The van der Waals surface area contributed by atoms with Crippen LogP contribution < -0.4 is 4.73 Å². The molecule has 34 heavy (non-hydrogen) atoms. The van der Waals surface area contributed by atoms with E-state index >= 15 is 0 Å². The summed E-state index contributed by atoms with van der Waals surface area (Å²) in [6.45, 7) is 3.22. The molecule has 172 valence electrons. The van der Waals surface area contributed by atoms with Gasteiger partial charge in [0.15, 0.2) is 6.20 Å². The van der Waals surface area contributed by atoms with Gasteiger partial charge in [0.05, 0.1) is 28.2 Å². The van der Waals surface area contributed by atoms with Gasteiger partial charge in [0.25, 0.3) is 0 Å². The number of nitrogens with zero attached hydrogens (tertiary/aromatic N) is 3. The van der Waals surface area contributed by atoms with Gasteiger partial charge in [-0.1, -0.05) is 30.3 Å². The third kappa shape index (κ3) is 3.15. The molecule has 0 atom stereocenters. The number of fused-ring (bicyclic) bond motifs is 6. The lowest BCUT2D eigenvalue weighted by molar-refractivity contribution is -0.577. The lowest BCUT2D eigenvalue weighted by Crippen LogP contribution is -2.36. The largest absolute Gasteiger partial charge is 0.618 e. The first-order valence-electron chi connectivity index (χ1n) is 11.8. The number of rotatable bonds is 4. The van der Waals surface area contributed by atoms with E-state index in [4.69, 9.17) is 0 Å². The van der Waals surface area contributed by atoms with Crippen molar-refractivity contribution in [2.24, 2.45) is 0 Å². The number of benzene rings is 2. The van der Waals surface area contributed by atoms with E-state index in [-0.39, 0.29) is 23.2 Å². The van der Waals surface area contributed by atoms with Crippen LogP contribution in [0.25, 0.3) is 21.8 Å². The molecule has 2 aromatic carbocycles. The first-order chi connectivity index (χ1) is 16.5. The number of aliphatic hydroxyl groups excluding tert-OH is 1. The minimum atomic E-state index is -0.278. The number of aromatic nitrogens is 2. The maximum absolute atomic E-state index is 13.9. The molecule has 3 heterocycles. The fraction of sp³-hybridized carbons (Fsp3) is 0.296. The second-order valence-electron chi connectivity index (χ2n) is 9.24. The van der Waals surface area contributed by atoms with Crippen molar-refractivity contribution in [3.05, 3.63) is 82.3 Å². The summed E-state index contributed by atoms with van der Waals surface area (Å²) < 4.78 is 2.67. The van der Waals surface area contributed by atoms with E-state index in [1.807, 2.05) is 28.8 Å². The zero-order valence-electron chi connectivity index (χ0n) is 18.7. The number of likely N-dealkylation sites (tertiary alicyclic amines) is 1. The van der Waals surface area contributed by atoms with E-state index in [9.17, 15) is 19.9 Å². The van der Waals surface area contributed by atoms with Crippen LogP contribution >= 0.6 is 0 Å². The van der Waals surface area contributed by atoms with E-state index in [1.165, 1.54) is 6.20 Å². The normalized spacial score (nSPS) is 16.9. The molecular formula is C27H25N3O4. The Hall–Kier alpha value is -3.55. The molecule has 7 heteroatoms. The third-order valence-corrected chi connectivity index (χ3v) is 7.22. The minimum Gasteiger partial charge on any atom is -0.618 e. The summed E-state index contributed by atoms with van der Waals surface area (Å²) >= 11 is 0. The Labute approximate surface area is 196 Å². The summed E-state index contributed by atoms with van der Waals surface area (Å²) in [7, 11) is 0. The van der Waals surface area contributed by atoms with Crippen molar-refractivity contribution in [2.45, 2.75) is 31.9 Å². The van der Waals surface area contributed by atoms with Crippen LogP contribution in [0.15, 0.2) is 54.7 Å². The van der Waals surface area contributed by atoms with Crippen LogP contribution in [-0.4, -0.2) is 51.9 Å². The Balaban J connectivity index is 1.44. The molecule has 4 aromatic rings. The maximum atomic E-state index is 13.9. The Kier molecular flexibility index (Phi) is 4.97. The topological polar surface area (TPSA) is 89.5 Å². The van der Waals surface area contributed by atoms with Gasteiger partial charge in [-0.15, -0.1) is 0 Å². The fourth-order valence-corrected chi connectivity index (χ4v) is 5.54. The molecule has 1 aliphatic carbocycles. The molecule has 0 saturated carbocycles. The smallest absolute Gasteiger partial charge is 0.224 e. The van der Waals surface area contributed by atoms with E-state index in [0.29, 0.717) is 39.0 Å². The molecule has 2 aliphatic rings. The number of aryl methyl sites for hydroxylation is 1. The third-order valence-electron chi connectivity index (χ3n) is 7.22. The van der Waals surface area contributed by atoms with Gasteiger partial charge in [0.1, 0.15) is 5.69 Å². The average Bonchev–Trinajstić information content (AvgIpc) is 3.19. The van der Waals surface area contributed by atoms with Crippen LogP contribution in [0.3, 0.4) is 0 Å². The van der Waals surface area contributed by atoms with Gasteiger partial charge in [-0.3, -0.25) is 9.59 Å². The second-order valence-corrected chi connectivity index (χ2v) is 9.24. The van der Waals surface area contributed by atoms with Gasteiger partial charge in [-0.25, -0.2) is 0 Å². The van der Waals surface area contributed by atoms with Crippen LogP contribution in [0, 0.1) is 5.21 Å². The summed E-state index contributed by atoms with van der Waals surface area (Å²) in [6.07, 6.45) is 3.45. The van der Waals surface area contributed by atoms with E-state index in [2.05, 4.69) is 4.90 Å². The predicted molar refractivity (Wildman–Crippen MR) is 128 cm³/mol. The van der Waals surface area contributed by atoms with Crippen molar-refractivity contribution in [3.8, 4) is 0 Å². The van der Waals surface area contributed by atoms with Crippen molar-refractivity contribution < 1.29 is 19.4 Å². The van der Waals surface area contributed by atoms with E-state index in [1.54, 1.807) is 24.3 Å². The minimum absolute atomic E-state index is 0.168. The number of hydrogen-bond acceptors (Lipinski definition) is 5. The van der Waals surface area contributed by atoms with Gasteiger partial charge in [-0.05, 0) is 37.9 Å². The highest BCUT2D eigenvalue weighted by Crippen LogP contribution is 2.37. The van der Waals surface area contributed by atoms with Crippen molar-refractivity contribution in [1.29, 1.82) is 0 Å². The number of aliphatic hydroxyl groups is 1. The van der Waals surface area contributed by atoms with E-state index in [0.717, 1.165) is 49.8 Å². The SMILES string of the molecule is O=C1c2c[n+]([O-])c3ccccc3c2C(=O)c2c1c1ccccc1n2CCCN1CCC(O)CC1. The van der Waals surface area contributed by atoms with Crippen LogP contribution in [0.1, 0.15) is 51.2 Å². The molecule has 1 saturated heterocycles. The molecule has 2 aromatic heterocycles. The second kappa shape index (κ2) is 8.04. The van der Waals surface area contributed by atoms with Crippen LogP contribution in [0.4, 0.5) is 0 Å². The highest BCUT2D eigenvalue weighted by atomic mass is 16.5. The molecule has 6 rings (SSSR count). The van der Waals surface area contributed by atoms with Crippen molar-refractivity contribution in [3.63, 3.8) is 0 Å². The zero-order valence-corrected chi connectivity index (χ0v) is 18.7. The molecule has 1 aliphatic heterocycles. The quantitative estimate of drug-likeness (QED) is 0.332. The molecule has 0 amide bonds. The summed E-state index contributed by atoms with van der Waals surface area (Å²) in [5.74, 6) is -0.487. The molecule has 0 bridgehead atoms. The van der Waals surface area contributed by atoms with Crippen LogP contribution in [0.5, 0.6) is 0 Å². The zero-order chi connectivity index (χ0) is 23.4. The summed E-state index contributed by atoms with van der Waals surface area (Å²) in [5, 5.41) is 23.6. The average molecular weight is 456 g/mol. The van der Waals surface area contributed by atoms with Crippen molar-refractivity contribution in [1.82, 2.24) is 9.47 Å². The first-order valence-corrected chi connectivity index (χ1v) is 11.8. The molecular weight excluding hydrogens is 430 g/mol. The summed E-state index contributed by atoms with van der Waals surface area (Å²) in [5.41, 5.74) is 2.53. The molecule has 1 fully saturated rings. The summed E-state index contributed by atoms with van der Waals surface area (Å²) in [4.78, 5) is 30.0. The number of para-hydroxylation sites is 2. The predicted octanol–water partition coefficient (Wildman–Crippen LogP) is 3.05.